The number of sulfonamides is 1. The third-order valence-electron chi connectivity index (χ3n) is 2.95. The zero-order chi connectivity index (χ0) is 14.6. The lowest BCUT2D eigenvalue weighted by molar-refractivity contribution is 0.472. The molecule has 2 heterocycles. The van der Waals surface area contributed by atoms with E-state index in [2.05, 4.69) is 9.97 Å². The summed E-state index contributed by atoms with van der Waals surface area (Å²) in [6.45, 7) is 0.362. The average Bonchev–Trinajstić information content (AvgIpc) is 2.46. The minimum Gasteiger partial charge on any atom is -0.383 e. The fraction of sp³-hybridized carbons (Fsp3) is 0.231. The molecule has 20 heavy (non-hydrogen) atoms. The molecule has 2 rings (SSSR count). The van der Waals surface area contributed by atoms with Crippen molar-refractivity contribution in [1.82, 2.24) is 14.3 Å². The van der Waals surface area contributed by atoms with Gasteiger partial charge in [0, 0.05) is 32.2 Å². The molecular weight excluding hydrogens is 276 g/mol. The molecule has 0 amide bonds. The number of rotatable bonds is 5. The Bertz CT molecular complexity index is 674. The van der Waals surface area contributed by atoms with Crippen LogP contribution in [0.4, 0.5) is 5.82 Å². The van der Waals surface area contributed by atoms with Crippen molar-refractivity contribution in [3.63, 3.8) is 0 Å². The molecule has 0 saturated heterocycles. The van der Waals surface area contributed by atoms with Crippen LogP contribution in [0.1, 0.15) is 5.56 Å². The summed E-state index contributed by atoms with van der Waals surface area (Å²) in [6, 6.07) is 6.73. The van der Waals surface area contributed by atoms with Gasteiger partial charge in [-0.3, -0.25) is 4.98 Å². The lowest BCUT2D eigenvalue weighted by atomic mass is 10.2. The van der Waals surface area contributed by atoms with Crippen molar-refractivity contribution in [3.05, 3.63) is 48.4 Å². The van der Waals surface area contributed by atoms with Gasteiger partial charge in [-0.1, -0.05) is 0 Å². The summed E-state index contributed by atoms with van der Waals surface area (Å²) in [7, 11) is -2.08. The summed E-state index contributed by atoms with van der Waals surface area (Å²) in [5, 5.41) is 0. The van der Waals surface area contributed by atoms with Gasteiger partial charge in [-0.2, -0.15) is 0 Å². The molecule has 0 spiro atoms. The molecule has 0 unspecified atom stereocenters. The number of nitrogens with two attached hydrogens (primary N) is 1. The number of anilines is 1. The number of hydrogen-bond donors (Lipinski definition) is 1. The number of hydrogen-bond acceptors (Lipinski definition) is 5. The van der Waals surface area contributed by atoms with Gasteiger partial charge in [-0.25, -0.2) is 17.7 Å². The fourth-order valence-electron chi connectivity index (χ4n) is 1.74. The molecule has 6 nitrogen and oxygen atoms in total. The normalized spacial score (nSPS) is 11.7. The first-order valence-electron chi connectivity index (χ1n) is 6.07. The SMILES string of the molecule is CN(CCc1ccncc1)S(=O)(=O)c1cccnc1N. The Morgan fingerprint density at radius 2 is 1.90 bits per heavy atom. The molecule has 0 atom stereocenters. The second kappa shape index (κ2) is 5.98. The first-order valence-corrected chi connectivity index (χ1v) is 7.51. The smallest absolute Gasteiger partial charge is 0.246 e. The van der Waals surface area contributed by atoms with E-state index in [9.17, 15) is 8.42 Å². The minimum absolute atomic E-state index is 0.0169. The van der Waals surface area contributed by atoms with E-state index in [0.717, 1.165) is 5.56 Å². The van der Waals surface area contributed by atoms with Crippen LogP contribution in [-0.2, 0) is 16.4 Å². The van der Waals surface area contributed by atoms with Crippen molar-refractivity contribution in [1.29, 1.82) is 0 Å². The van der Waals surface area contributed by atoms with E-state index in [1.165, 1.54) is 23.6 Å². The van der Waals surface area contributed by atoms with Crippen LogP contribution in [0.5, 0.6) is 0 Å². The van der Waals surface area contributed by atoms with Gasteiger partial charge in [-0.15, -0.1) is 0 Å². The first-order chi connectivity index (χ1) is 9.51. The highest BCUT2D eigenvalue weighted by molar-refractivity contribution is 7.89. The van der Waals surface area contributed by atoms with Gasteiger partial charge in [-0.05, 0) is 36.2 Å². The van der Waals surface area contributed by atoms with Gasteiger partial charge in [0.05, 0.1) is 0 Å². The van der Waals surface area contributed by atoms with Gasteiger partial charge < -0.3 is 5.73 Å². The van der Waals surface area contributed by atoms with E-state index in [-0.39, 0.29) is 10.7 Å². The van der Waals surface area contributed by atoms with E-state index in [1.807, 2.05) is 12.1 Å². The predicted molar refractivity (Wildman–Crippen MR) is 76.4 cm³/mol. The van der Waals surface area contributed by atoms with E-state index >= 15 is 0 Å². The van der Waals surface area contributed by atoms with Crippen LogP contribution in [0.2, 0.25) is 0 Å². The quantitative estimate of drug-likeness (QED) is 0.885. The molecule has 0 bridgehead atoms. The Hall–Kier alpha value is -1.99. The standard InChI is InChI=1S/C13H16N4O2S/c1-17(10-6-11-4-8-15-9-5-11)20(18,19)12-3-2-7-16-13(12)14/h2-5,7-9H,6,10H2,1H3,(H2,14,16). The monoisotopic (exact) mass is 292 g/mol. The van der Waals surface area contributed by atoms with Crippen molar-refractivity contribution in [3.8, 4) is 0 Å². The summed E-state index contributed by atoms with van der Waals surface area (Å²) >= 11 is 0. The fourth-order valence-corrected chi connectivity index (χ4v) is 2.98. The van der Waals surface area contributed by atoms with Gasteiger partial charge in [0.1, 0.15) is 10.7 Å². The Kier molecular flexibility index (Phi) is 4.31. The Labute approximate surface area is 118 Å². The maximum absolute atomic E-state index is 12.4. The topological polar surface area (TPSA) is 89.2 Å². The Balaban J connectivity index is 2.12. The number of pyridine rings is 2. The van der Waals surface area contributed by atoms with Crippen LogP contribution in [0, 0.1) is 0 Å². The van der Waals surface area contributed by atoms with Crippen LogP contribution < -0.4 is 5.73 Å². The molecule has 7 heteroatoms. The maximum Gasteiger partial charge on any atom is 0.246 e. The minimum atomic E-state index is -3.61. The summed E-state index contributed by atoms with van der Waals surface area (Å²) in [5.41, 5.74) is 6.66. The molecule has 2 aromatic heterocycles. The van der Waals surface area contributed by atoms with E-state index in [1.54, 1.807) is 18.5 Å². The molecular formula is C13H16N4O2S. The van der Waals surface area contributed by atoms with Crippen LogP contribution >= 0.6 is 0 Å². The molecule has 0 aromatic carbocycles. The highest BCUT2D eigenvalue weighted by Crippen LogP contribution is 2.19. The molecule has 0 aliphatic heterocycles. The first kappa shape index (κ1) is 14.4. The van der Waals surface area contributed by atoms with Crippen LogP contribution in [0.15, 0.2) is 47.8 Å². The summed E-state index contributed by atoms with van der Waals surface area (Å²) < 4.78 is 26.0. The van der Waals surface area contributed by atoms with Gasteiger partial charge in [0.15, 0.2) is 0 Å². The molecule has 0 fully saturated rings. The van der Waals surface area contributed by atoms with Crippen LogP contribution in [0.3, 0.4) is 0 Å². The Morgan fingerprint density at radius 1 is 1.20 bits per heavy atom. The number of nitrogens with zero attached hydrogens (tertiary/aromatic N) is 3. The lowest BCUT2D eigenvalue weighted by Gasteiger charge is -2.17. The van der Waals surface area contributed by atoms with Crippen LogP contribution in [0.25, 0.3) is 0 Å². The Morgan fingerprint density at radius 3 is 2.55 bits per heavy atom. The second-order valence-electron chi connectivity index (χ2n) is 4.32. The largest absolute Gasteiger partial charge is 0.383 e. The number of nitrogen functional groups attached to an aromatic ring is 1. The second-order valence-corrected chi connectivity index (χ2v) is 6.33. The molecule has 0 saturated carbocycles. The third kappa shape index (κ3) is 3.12. The number of likely N-dealkylation sites (N-methyl/N-ethyl adjacent to an activating group) is 1. The molecule has 2 aromatic rings. The summed E-state index contributed by atoms with van der Waals surface area (Å²) in [5.74, 6) is 0.0169. The zero-order valence-electron chi connectivity index (χ0n) is 11.1. The van der Waals surface area contributed by atoms with Crippen molar-refractivity contribution in [2.24, 2.45) is 0 Å². The lowest BCUT2D eigenvalue weighted by Crippen LogP contribution is -2.29. The molecule has 0 aliphatic carbocycles. The highest BCUT2D eigenvalue weighted by atomic mass is 32.2. The summed E-state index contributed by atoms with van der Waals surface area (Å²) in [6.07, 6.45) is 5.44. The van der Waals surface area contributed by atoms with Crippen LogP contribution in [-0.4, -0.2) is 36.3 Å². The highest BCUT2D eigenvalue weighted by Gasteiger charge is 2.23. The van der Waals surface area contributed by atoms with Gasteiger partial charge in [0.25, 0.3) is 0 Å². The van der Waals surface area contributed by atoms with Crippen molar-refractivity contribution in [2.75, 3.05) is 19.3 Å². The van der Waals surface area contributed by atoms with Crippen molar-refractivity contribution >= 4 is 15.8 Å². The molecule has 0 radical (unpaired) electrons. The average molecular weight is 292 g/mol. The van der Waals surface area contributed by atoms with Crippen molar-refractivity contribution < 1.29 is 8.42 Å². The number of aromatic nitrogens is 2. The van der Waals surface area contributed by atoms with E-state index < -0.39 is 10.0 Å². The molecule has 0 aliphatic rings. The maximum atomic E-state index is 12.4. The van der Waals surface area contributed by atoms with Crippen molar-refractivity contribution in [2.45, 2.75) is 11.3 Å². The third-order valence-corrected chi connectivity index (χ3v) is 4.86. The molecule has 2 N–H and O–H groups in total. The van der Waals surface area contributed by atoms with Gasteiger partial charge >= 0.3 is 0 Å². The molecule has 106 valence electrons. The zero-order valence-corrected chi connectivity index (χ0v) is 11.9. The predicted octanol–water partition coefficient (Wildman–Crippen LogP) is 0.922. The summed E-state index contributed by atoms with van der Waals surface area (Å²) in [4.78, 5) is 7.77. The van der Waals surface area contributed by atoms with Gasteiger partial charge in [0.2, 0.25) is 10.0 Å². The van der Waals surface area contributed by atoms with E-state index in [0.29, 0.717) is 13.0 Å². The van der Waals surface area contributed by atoms with E-state index in [4.69, 9.17) is 5.73 Å².